The summed E-state index contributed by atoms with van der Waals surface area (Å²) >= 11 is 0. The highest BCUT2D eigenvalue weighted by atomic mass is 16.5. The second-order valence-electron chi connectivity index (χ2n) is 6.55. The van der Waals surface area contributed by atoms with Gasteiger partial charge in [-0.1, -0.05) is 48.0 Å². The van der Waals surface area contributed by atoms with Crippen LogP contribution in [-0.4, -0.2) is 43.6 Å². The SMILES string of the molecule is Cc1cccc(C(=O)NCCCN2CCO[C@H](c3ccccc3)C2)c1. The van der Waals surface area contributed by atoms with E-state index in [1.54, 1.807) is 0 Å². The Bertz CT molecular complexity index is 687. The summed E-state index contributed by atoms with van der Waals surface area (Å²) in [6.07, 6.45) is 1.09. The van der Waals surface area contributed by atoms with Crippen molar-refractivity contribution in [2.24, 2.45) is 0 Å². The first-order valence-electron chi connectivity index (χ1n) is 8.96. The van der Waals surface area contributed by atoms with Crippen LogP contribution in [0.2, 0.25) is 0 Å². The van der Waals surface area contributed by atoms with Gasteiger partial charge in [0.15, 0.2) is 0 Å². The lowest BCUT2D eigenvalue weighted by atomic mass is 10.1. The van der Waals surface area contributed by atoms with Gasteiger partial charge in [-0.15, -0.1) is 0 Å². The number of aryl methyl sites for hydroxylation is 1. The first kappa shape index (κ1) is 17.6. The van der Waals surface area contributed by atoms with E-state index in [0.29, 0.717) is 6.54 Å². The largest absolute Gasteiger partial charge is 0.371 e. The highest BCUT2D eigenvalue weighted by molar-refractivity contribution is 5.94. The molecule has 4 heteroatoms. The summed E-state index contributed by atoms with van der Waals surface area (Å²) in [5.74, 6) is 0.00726. The lowest BCUT2D eigenvalue weighted by Gasteiger charge is -2.33. The average molecular weight is 338 g/mol. The minimum atomic E-state index is 0.00726. The van der Waals surface area contributed by atoms with E-state index in [4.69, 9.17) is 4.74 Å². The van der Waals surface area contributed by atoms with E-state index in [1.165, 1.54) is 5.56 Å². The fourth-order valence-electron chi connectivity index (χ4n) is 3.17. The van der Waals surface area contributed by atoms with E-state index in [1.807, 2.05) is 37.3 Å². The predicted octanol–water partition coefficient (Wildman–Crippen LogP) is 3.19. The first-order chi connectivity index (χ1) is 12.2. The van der Waals surface area contributed by atoms with Gasteiger partial charge in [0.2, 0.25) is 0 Å². The van der Waals surface area contributed by atoms with Gasteiger partial charge >= 0.3 is 0 Å². The number of carbonyl (C=O) groups excluding carboxylic acids is 1. The first-order valence-corrected chi connectivity index (χ1v) is 8.96. The fraction of sp³-hybridized carbons (Fsp3) is 0.381. The van der Waals surface area contributed by atoms with Crippen molar-refractivity contribution in [2.45, 2.75) is 19.4 Å². The highest BCUT2D eigenvalue weighted by Crippen LogP contribution is 2.21. The van der Waals surface area contributed by atoms with Crippen LogP contribution >= 0.6 is 0 Å². The normalized spacial score (nSPS) is 18.0. The quantitative estimate of drug-likeness (QED) is 0.823. The van der Waals surface area contributed by atoms with Gasteiger partial charge in [-0.2, -0.15) is 0 Å². The maximum atomic E-state index is 12.1. The molecule has 1 saturated heterocycles. The molecule has 0 unspecified atom stereocenters. The molecule has 1 aliphatic heterocycles. The van der Waals surface area contributed by atoms with E-state index in [2.05, 4.69) is 34.5 Å². The van der Waals surface area contributed by atoms with Crippen molar-refractivity contribution in [2.75, 3.05) is 32.8 Å². The molecule has 1 aliphatic rings. The Kier molecular flexibility index (Phi) is 6.20. The third-order valence-electron chi connectivity index (χ3n) is 4.54. The molecular weight excluding hydrogens is 312 g/mol. The van der Waals surface area contributed by atoms with Crippen LogP contribution in [0, 0.1) is 6.92 Å². The number of hydrogen-bond acceptors (Lipinski definition) is 3. The minimum Gasteiger partial charge on any atom is -0.371 e. The lowest BCUT2D eigenvalue weighted by Crippen LogP contribution is -2.39. The Morgan fingerprint density at radius 1 is 1.20 bits per heavy atom. The van der Waals surface area contributed by atoms with E-state index in [-0.39, 0.29) is 12.0 Å². The molecule has 4 nitrogen and oxygen atoms in total. The molecule has 25 heavy (non-hydrogen) atoms. The summed E-state index contributed by atoms with van der Waals surface area (Å²) in [4.78, 5) is 14.6. The van der Waals surface area contributed by atoms with Gasteiger partial charge in [0.1, 0.15) is 0 Å². The summed E-state index contributed by atoms with van der Waals surface area (Å²) in [6, 6.07) is 18.1. The van der Waals surface area contributed by atoms with Crippen LogP contribution in [0.15, 0.2) is 54.6 Å². The maximum absolute atomic E-state index is 12.1. The van der Waals surface area contributed by atoms with Crippen molar-refractivity contribution >= 4 is 5.91 Å². The predicted molar refractivity (Wildman–Crippen MR) is 99.7 cm³/mol. The number of nitrogens with zero attached hydrogens (tertiary/aromatic N) is 1. The van der Waals surface area contributed by atoms with Crippen molar-refractivity contribution in [3.05, 3.63) is 71.3 Å². The van der Waals surface area contributed by atoms with Gasteiger partial charge in [-0.05, 0) is 31.0 Å². The molecule has 1 N–H and O–H groups in total. The lowest BCUT2D eigenvalue weighted by molar-refractivity contribution is -0.0301. The molecule has 132 valence electrons. The molecule has 0 saturated carbocycles. The van der Waals surface area contributed by atoms with Crippen LogP contribution in [-0.2, 0) is 4.74 Å². The summed E-state index contributed by atoms with van der Waals surface area (Å²) in [6.45, 7) is 6.29. The molecule has 2 aromatic carbocycles. The molecule has 0 radical (unpaired) electrons. The Morgan fingerprint density at radius 3 is 2.84 bits per heavy atom. The second-order valence-corrected chi connectivity index (χ2v) is 6.55. The number of carbonyl (C=O) groups is 1. The topological polar surface area (TPSA) is 41.6 Å². The zero-order chi connectivity index (χ0) is 17.5. The van der Waals surface area contributed by atoms with Crippen LogP contribution in [0.1, 0.15) is 34.0 Å². The van der Waals surface area contributed by atoms with Crippen LogP contribution in [0.25, 0.3) is 0 Å². The monoisotopic (exact) mass is 338 g/mol. The molecule has 1 fully saturated rings. The number of benzene rings is 2. The van der Waals surface area contributed by atoms with Gasteiger partial charge in [0.05, 0.1) is 12.7 Å². The number of nitrogens with one attached hydrogen (secondary N) is 1. The molecule has 0 bridgehead atoms. The van der Waals surface area contributed by atoms with Crippen molar-refractivity contribution in [3.63, 3.8) is 0 Å². The minimum absolute atomic E-state index is 0.00726. The molecule has 0 aromatic heterocycles. The van der Waals surface area contributed by atoms with Crippen molar-refractivity contribution in [3.8, 4) is 0 Å². The number of ether oxygens (including phenoxy) is 1. The van der Waals surface area contributed by atoms with E-state index >= 15 is 0 Å². The summed E-state index contributed by atoms with van der Waals surface area (Å²) < 4.78 is 5.90. The van der Waals surface area contributed by atoms with Crippen LogP contribution in [0.3, 0.4) is 0 Å². The Morgan fingerprint density at radius 2 is 2.04 bits per heavy atom. The van der Waals surface area contributed by atoms with Gasteiger partial charge in [-0.3, -0.25) is 9.69 Å². The number of morpholine rings is 1. The molecule has 0 spiro atoms. The van der Waals surface area contributed by atoms with Gasteiger partial charge in [0, 0.05) is 31.7 Å². The van der Waals surface area contributed by atoms with E-state index in [9.17, 15) is 4.79 Å². The molecular formula is C21H26N2O2. The maximum Gasteiger partial charge on any atom is 0.251 e. The Hall–Kier alpha value is -2.17. The van der Waals surface area contributed by atoms with E-state index < -0.39 is 0 Å². The number of hydrogen-bond donors (Lipinski definition) is 1. The summed E-state index contributed by atoms with van der Waals surface area (Å²) in [5.41, 5.74) is 3.07. The van der Waals surface area contributed by atoms with E-state index in [0.717, 1.165) is 43.8 Å². The number of amides is 1. The van der Waals surface area contributed by atoms with Crippen LogP contribution < -0.4 is 5.32 Å². The van der Waals surface area contributed by atoms with Crippen LogP contribution in [0.5, 0.6) is 0 Å². The molecule has 2 aromatic rings. The smallest absolute Gasteiger partial charge is 0.251 e. The molecule has 1 amide bonds. The second kappa shape index (κ2) is 8.79. The highest BCUT2D eigenvalue weighted by Gasteiger charge is 2.21. The summed E-state index contributed by atoms with van der Waals surface area (Å²) in [7, 11) is 0. The zero-order valence-corrected chi connectivity index (χ0v) is 14.8. The van der Waals surface area contributed by atoms with Crippen LogP contribution in [0.4, 0.5) is 0 Å². The fourth-order valence-corrected chi connectivity index (χ4v) is 3.17. The number of rotatable bonds is 6. The molecule has 1 atom stereocenters. The van der Waals surface area contributed by atoms with Crippen molar-refractivity contribution in [1.29, 1.82) is 0 Å². The van der Waals surface area contributed by atoms with Gasteiger partial charge in [0.25, 0.3) is 5.91 Å². The zero-order valence-electron chi connectivity index (χ0n) is 14.8. The molecule has 1 heterocycles. The van der Waals surface area contributed by atoms with Crippen molar-refractivity contribution < 1.29 is 9.53 Å². The third kappa shape index (κ3) is 5.15. The third-order valence-corrected chi connectivity index (χ3v) is 4.54. The average Bonchev–Trinajstić information content (AvgIpc) is 2.66. The van der Waals surface area contributed by atoms with Gasteiger partial charge in [-0.25, -0.2) is 0 Å². The Balaban J connectivity index is 1.41. The Labute approximate surface area is 149 Å². The molecule has 3 rings (SSSR count). The van der Waals surface area contributed by atoms with Gasteiger partial charge < -0.3 is 10.1 Å². The molecule has 0 aliphatic carbocycles. The van der Waals surface area contributed by atoms with Crippen molar-refractivity contribution in [1.82, 2.24) is 10.2 Å². The standard InChI is InChI=1S/C21H26N2O2/c1-17-7-5-10-19(15-17)21(24)22-11-6-12-23-13-14-25-20(16-23)18-8-3-2-4-9-18/h2-5,7-10,15,20H,6,11-14,16H2,1H3,(H,22,24)/t20-/m0/s1. The summed E-state index contributed by atoms with van der Waals surface area (Å²) in [5, 5.41) is 3.01.